The number of ether oxygens (including phenoxy) is 2. The highest BCUT2D eigenvalue weighted by atomic mass is 16.5. The Morgan fingerprint density at radius 3 is 2.62 bits per heavy atom. The molecule has 7 heteroatoms. The number of aromatic nitrogens is 4. The van der Waals surface area contributed by atoms with Gasteiger partial charge < -0.3 is 14.5 Å². The van der Waals surface area contributed by atoms with Gasteiger partial charge >= 0.3 is 5.97 Å². The second kappa shape index (κ2) is 7.50. The average molecular weight is 390 g/mol. The van der Waals surface area contributed by atoms with Gasteiger partial charge in [0, 0.05) is 16.3 Å². The minimum atomic E-state index is -0.407. The zero-order valence-corrected chi connectivity index (χ0v) is 16.8. The number of benzene rings is 1. The fourth-order valence-electron chi connectivity index (χ4n) is 3.35. The molecular weight excluding hydrogens is 368 g/mol. The molecule has 0 saturated heterocycles. The van der Waals surface area contributed by atoms with Crippen molar-refractivity contribution >= 4 is 27.8 Å². The third-order valence-electron chi connectivity index (χ3n) is 4.58. The van der Waals surface area contributed by atoms with Gasteiger partial charge in [0.25, 0.3) is 0 Å². The van der Waals surface area contributed by atoms with Gasteiger partial charge in [-0.1, -0.05) is 6.92 Å². The van der Waals surface area contributed by atoms with Crippen molar-refractivity contribution in [3.63, 3.8) is 0 Å². The lowest BCUT2D eigenvalue weighted by Gasteiger charge is -2.11. The lowest BCUT2D eigenvalue weighted by Crippen LogP contribution is -2.15. The molecule has 4 rings (SSSR count). The van der Waals surface area contributed by atoms with Crippen LogP contribution in [0.1, 0.15) is 42.5 Å². The van der Waals surface area contributed by atoms with Crippen molar-refractivity contribution in [2.45, 2.75) is 40.2 Å². The summed E-state index contributed by atoms with van der Waals surface area (Å²) in [4.78, 5) is 28.7. The van der Waals surface area contributed by atoms with Crippen LogP contribution in [0, 0.1) is 6.92 Å². The SMILES string of the molecule is CCc1c(C(=O)OC(C)C)ncc2[nH]c3ccc(Oc4cnc(C)cn4)cc3c12. The Hall–Kier alpha value is -3.48. The van der Waals surface area contributed by atoms with E-state index in [-0.39, 0.29) is 6.10 Å². The fourth-order valence-corrected chi connectivity index (χ4v) is 3.35. The van der Waals surface area contributed by atoms with Gasteiger partial charge in [-0.2, -0.15) is 0 Å². The molecule has 0 spiro atoms. The molecule has 3 heterocycles. The number of rotatable bonds is 5. The summed E-state index contributed by atoms with van der Waals surface area (Å²) in [6, 6.07) is 5.75. The van der Waals surface area contributed by atoms with Crippen molar-refractivity contribution in [2.75, 3.05) is 0 Å². The standard InChI is InChI=1S/C22H22N4O3/c1-5-15-20-16-8-14(29-19-11-23-13(4)9-24-19)6-7-17(16)26-18(20)10-25-21(15)22(27)28-12(2)3/h6-12,26H,5H2,1-4H3. The number of hydrogen-bond acceptors (Lipinski definition) is 6. The number of fused-ring (bicyclic) bond motifs is 3. The summed E-state index contributed by atoms with van der Waals surface area (Å²) in [6.45, 7) is 7.53. The number of hydrogen-bond donors (Lipinski definition) is 1. The minimum absolute atomic E-state index is 0.205. The molecule has 0 saturated carbocycles. The third kappa shape index (κ3) is 3.63. The Morgan fingerprint density at radius 2 is 1.93 bits per heavy atom. The lowest BCUT2D eigenvalue weighted by molar-refractivity contribution is 0.0370. The van der Waals surface area contributed by atoms with E-state index in [1.54, 1.807) is 18.6 Å². The minimum Gasteiger partial charge on any atom is -0.458 e. The largest absolute Gasteiger partial charge is 0.458 e. The molecule has 1 aromatic carbocycles. The summed E-state index contributed by atoms with van der Waals surface area (Å²) in [5.41, 5.74) is 3.83. The van der Waals surface area contributed by atoms with E-state index >= 15 is 0 Å². The van der Waals surface area contributed by atoms with Crippen molar-refractivity contribution < 1.29 is 14.3 Å². The van der Waals surface area contributed by atoms with E-state index in [9.17, 15) is 4.79 Å². The smallest absolute Gasteiger partial charge is 0.357 e. The second-order valence-corrected chi connectivity index (χ2v) is 7.11. The lowest BCUT2D eigenvalue weighted by atomic mass is 10.0. The predicted molar refractivity (Wildman–Crippen MR) is 110 cm³/mol. The van der Waals surface area contributed by atoms with Gasteiger partial charge in [-0.15, -0.1) is 0 Å². The van der Waals surface area contributed by atoms with Crippen LogP contribution < -0.4 is 4.74 Å². The van der Waals surface area contributed by atoms with Gasteiger partial charge in [0.05, 0.1) is 35.9 Å². The summed E-state index contributed by atoms with van der Waals surface area (Å²) in [7, 11) is 0. The predicted octanol–water partition coefficient (Wildman–Crippen LogP) is 4.73. The maximum Gasteiger partial charge on any atom is 0.357 e. The number of carbonyl (C=O) groups is 1. The Balaban J connectivity index is 1.82. The molecule has 29 heavy (non-hydrogen) atoms. The number of nitrogens with one attached hydrogen (secondary N) is 1. The maximum atomic E-state index is 12.5. The van der Waals surface area contributed by atoms with E-state index in [0.717, 1.165) is 33.1 Å². The van der Waals surface area contributed by atoms with Crippen LogP contribution in [0.2, 0.25) is 0 Å². The van der Waals surface area contributed by atoms with Gasteiger partial charge in [0.15, 0.2) is 5.69 Å². The molecule has 0 fully saturated rings. The molecule has 4 aromatic rings. The summed E-state index contributed by atoms with van der Waals surface area (Å²) >= 11 is 0. The van der Waals surface area contributed by atoms with Crippen LogP contribution in [0.15, 0.2) is 36.8 Å². The van der Waals surface area contributed by atoms with E-state index in [4.69, 9.17) is 9.47 Å². The molecular formula is C22H22N4O3. The second-order valence-electron chi connectivity index (χ2n) is 7.11. The van der Waals surface area contributed by atoms with Crippen LogP contribution in [0.25, 0.3) is 21.8 Å². The summed E-state index contributed by atoms with van der Waals surface area (Å²) in [5, 5.41) is 1.91. The van der Waals surface area contributed by atoms with E-state index in [2.05, 4.69) is 19.9 Å². The molecule has 7 nitrogen and oxygen atoms in total. The molecule has 0 radical (unpaired) electrons. The van der Waals surface area contributed by atoms with Crippen LogP contribution in [-0.2, 0) is 11.2 Å². The van der Waals surface area contributed by atoms with Gasteiger partial charge in [-0.25, -0.2) is 14.8 Å². The monoisotopic (exact) mass is 390 g/mol. The van der Waals surface area contributed by atoms with Crippen molar-refractivity contribution in [1.29, 1.82) is 0 Å². The number of esters is 1. The normalized spacial score (nSPS) is 11.3. The third-order valence-corrected chi connectivity index (χ3v) is 4.58. The van der Waals surface area contributed by atoms with Gasteiger partial charge in [-0.3, -0.25) is 4.98 Å². The van der Waals surface area contributed by atoms with Gasteiger partial charge in [0.1, 0.15) is 5.75 Å². The Kier molecular flexibility index (Phi) is 4.88. The van der Waals surface area contributed by atoms with E-state index in [1.807, 2.05) is 45.9 Å². The first-order valence-electron chi connectivity index (χ1n) is 9.57. The molecule has 0 bridgehead atoms. The number of aromatic amines is 1. The highest BCUT2D eigenvalue weighted by molar-refractivity contribution is 6.11. The number of nitrogens with zero attached hydrogens (tertiary/aromatic N) is 3. The Labute approximate surface area is 168 Å². The van der Waals surface area contributed by atoms with Crippen LogP contribution in [-0.4, -0.2) is 32.0 Å². The molecule has 0 atom stereocenters. The quantitative estimate of drug-likeness (QED) is 0.495. The van der Waals surface area contributed by atoms with E-state index in [1.165, 1.54) is 0 Å². The average Bonchev–Trinajstić information content (AvgIpc) is 3.06. The van der Waals surface area contributed by atoms with Crippen molar-refractivity contribution in [3.8, 4) is 11.6 Å². The molecule has 0 unspecified atom stereocenters. The first kappa shape index (κ1) is 18.9. The van der Waals surface area contributed by atoms with Crippen LogP contribution >= 0.6 is 0 Å². The highest BCUT2D eigenvalue weighted by Gasteiger charge is 2.20. The zero-order chi connectivity index (χ0) is 20.5. The first-order chi connectivity index (χ1) is 14.0. The van der Waals surface area contributed by atoms with Crippen molar-refractivity contribution in [3.05, 3.63) is 53.7 Å². The Morgan fingerprint density at radius 1 is 1.10 bits per heavy atom. The number of carbonyl (C=O) groups excluding carboxylic acids is 1. The first-order valence-corrected chi connectivity index (χ1v) is 9.57. The van der Waals surface area contributed by atoms with Crippen molar-refractivity contribution in [2.24, 2.45) is 0 Å². The number of H-pyrrole nitrogens is 1. The van der Waals surface area contributed by atoms with E-state index in [0.29, 0.717) is 23.7 Å². The van der Waals surface area contributed by atoms with Crippen LogP contribution in [0.4, 0.5) is 0 Å². The molecule has 0 aliphatic heterocycles. The topological polar surface area (TPSA) is 90.0 Å². The van der Waals surface area contributed by atoms with Crippen LogP contribution in [0.5, 0.6) is 11.6 Å². The molecule has 0 amide bonds. The zero-order valence-electron chi connectivity index (χ0n) is 16.8. The van der Waals surface area contributed by atoms with Gasteiger partial charge in [-0.05, 0) is 51.0 Å². The van der Waals surface area contributed by atoms with Crippen molar-refractivity contribution in [1.82, 2.24) is 19.9 Å². The van der Waals surface area contributed by atoms with Crippen LogP contribution in [0.3, 0.4) is 0 Å². The number of aryl methyl sites for hydroxylation is 2. The fraction of sp³-hybridized carbons (Fsp3) is 0.273. The summed E-state index contributed by atoms with van der Waals surface area (Å²) in [5.74, 6) is 0.658. The number of pyridine rings is 1. The molecule has 3 aromatic heterocycles. The molecule has 0 aliphatic carbocycles. The van der Waals surface area contributed by atoms with Gasteiger partial charge in [0.2, 0.25) is 5.88 Å². The molecule has 0 aliphatic rings. The molecule has 148 valence electrons. The maximum absolute atomic E-state index is 12.5. The molecule has 1 N–H and O–H groups in total. The Bertz CT molecular complexity index is 1200. The van der Waals surface area contributed by atoms with E-state index < -0.39 is 5.97 Å². The highest BCUT2D eigenvalue weighted by Crippen LogP contribution is 2.33. The summed E-state index contributed by atoms with van der Waals surface area (Å²) in [6.07, 6.45) is 5.37. The summed E-state index contributed by atoms with van der Waals surface area (Å²) < 4.78 is 11.2.